The molecule has 1 amide bonds. The summed E-state index contributed by atoms with van der Waals surface area (Å²) >= 11 is 0. The molecule has 2 aromatic rings. The van der Waals surface area contributed by atoms with Crippen LogP contribution in [0, 0.1) is 11.6 Å². The number of benzene rings is 1. The van der Waals surface area contributed by atoms with Crippen LogP contribution in [-0.2, 0) is 20.7 Å². The van der Waals surface area contributed by atoms with Crippen molar-refractivity contribution in [3.8, 4) is 11.3 Å². The summed E-state index contributed by atoms with van der Waals surface area (Å²) in [5.41, 5.74) is 0.104. The van der Waals surface area contributed by atoms with Gasteiger partial charge in [0.15, 0.2) is 11.7 Å². The number of esters is 1. The van der Waals surface area contributed by atoms with Crippen LogP contribution in [0.1, 0.15) is 25.2 Å². The molecule has 0 saturated carbocycles. The molecule has 1 heterocycles. The summed E-state index contributed by atoms with van der Waals surface area (Å²) in [5, 5.41) is 2.67. The average Bonchev–Trinajstić information content (AvgIpc) is 3.05. The number of carbonyl (C=O) groups is 2. The maximum Gasteiger partial charge on any atom is 0.305 e. The standard InChI is InChI=1S/C17H18F2N2O4/c1-24-17(23)3-2-8-20-15(22)6-7-16-21-10-14(25-16)12-5-4-11(18)9-13(12)19/h4-5,9-10H,2-3,6-8H2,1H3,(H,20,22). The topological polar surface area (TPSA) is 81.4 Å². The number of halogens is 2. The van der Waals surface area contributed by atoms with Gasteiger partial charge >= 0.3 is 5.97 Å². The highest BCUT2D eigenvalue weighted by molar-refractivity contribution is 5.76. The van der Waals surface area contributed by atoms with Gasteiger partial charge in [-0.3, -0.25) is 9.59 Å². The maximum absolute atomic E-state index is 13.7. The van der Waals surface area contributed by atoms with E-state index in [0.717, 1.165) is 12.1 Å². The summed E-state index contributed by atoms with van der Waals surface area (Å²) in [5.74, 6) is -1.50. The van der Waals surface area contributed by atoms with Crippen molar-refractivity contribution in [2.45, 2.75) is 25.7 Å². The maximum atomic E-state index is 13.7. The minimum absolute atomic E-state index is 0.104. The molecule has 134 valence electrons. The number of carbonyl (C=O) groups excluding carboxylic acids is 2. The quantitative estimate of drug-likeness (QED) is 0.583. The van der Waals surface area contributed by atoms with Gasteiger partial charge in [0, 0.05) is 31.9 Å². The molecule has 1 aromatic heterocycles. The Morgan fingerprint density at radius 3 is 2.80 bits per heavy atom. The number of hydrogen-bond donors (Lipinski definition) is 1. The van der Waals surface area contributed by atoms with Crippen molar-refractivity contribution in [1.29, 1.82) is 0 Å². The number of rotatable bonds is 8. The second kappa shape index (κ2) is 8.91. The zero-order valence-electron chi connectivity index (χ0n) is 13.7. The molecule has 0 atom stereocenters. The Morgan fingerprint density at radius 1 is 1.28 bits per heavy atom. The number of nitrogens with zero attached hydrogens (tertiary/aromatic N) is 1. The van der Waals surface area contributed by atoms with Crippen molar-refractivity contribution in [1.82, 2.24) is 10.3 Å². The lowest BCUT2D eigenvalue weighted by Crippen LogP contribution is -2.25. The third kappa shape index (κ3) is 5.66. The number of oxazole rings is 1. The molecular weight excluding hydrogens is 334 g/mol. The van der Waals surface area contributed by atoms with Crippen LogP contribution in [0.5, 0.6) is 0 Å². The first kappa shape index (κ1) is 18.6. The van der Waals surface area contributed by atoms with E-state index in [2.05, 4.69) is 15.0 Å². The van der Waals surface area contributed by atoms with E-state index in [4.69, 9.17) is 4.42 Å². The van der Waals surface area contributed by atoms with Crippen molar-refractivity contribution in [2.24, 2.45) is 0 Å². The first-order chi connectivity index (χ1) is 12.0. The minimum Gasteiger partial charge on any atom is -0.469 e. The van der Waals surface area contributed by atoms with Crippen LogP contribution in [0.4, 0.5) is 8.78 Å². The molecule has 1 N–H and O–H groups in total. The number of amides is 1. The molecule has 2 rings (SSSR count). The molecule has 0 saturated heterocycles. The molecule has 8 heteroatoms. The summed E-state index contributed by atoms with van der Waals surface area (Å²) in [7, 11) is 1.31. The number of aryl methyl sites for hydroxylation is 1. The minimum atomic E-state index is -0.744. The predicted molar refractivity (Wildman–Crippen MR) is 84.4 cm³/mol. The molecule has 0 fully saturated rings. The van der Waals surface area contributed by atoms with Gasteiger partial charge in [0.25, 0.3) is 0 Å². The van der Waals surface area contributed by atoms with Crippen molar-refractivity contribution in [2.75, 3.05) is 13.7 Å². The number of methoxy groups -OCH3 is 1. The lowest BCUT2D eigenvalue weighted by Gasteiger charge is -2.03. The van der Waals surface area contributed by atoms with Crippen LogP contribution in [0.15, 0.2) is 28.8 Å². The smallest absolute Gasteiger partial charge is 0.305 e. The summed E-state index contributed by atoms with van der Waals surface area (Å²) in [6, 6.07) is 3.16. The van der Waals surface area contributed by atoms with Crippen LogP contribution in [-0.4, -0.2) is 30.5 Å². The molecule has 0 aliphatic rings. The van der Waals surface area contributed by atoms with Gasteiger partial charge < -0.3 is 14.5 Å². The first-order valence-corrected chi connectivity index (χ1v) is 7.73. The number of ether oxygens (including phenoxy) is 1. The molecule has 0 aliphatic heterocycles. The molecular formula is C17H18F2N2O4. The van der Waals surface area contributed by atoms with Crippen LogP contribution < -0.4 is 5.32 Å². The van der Waals surface area contributed by atoms with Crippen molar-refractivity contribution >= 4 is 11.9 Å². The summed E-state index contributed by atoms with van der Waals surface area (Å²) in [6.45, 7) is 0.367. The monoisotopic (exact) mass is 352 g/mol. The van der Waals surface area contributed by atoms with E-state index in [1.165, 1.54) is 19.4 Å². The SMILES string of the molecule is COC(=O)CCCNC(=O)CCc1ncc(-c2ccc(F)cc2F)o1. The second-order valence-electron chi connectivity index (χ2n) is 5.27. The molecule has 0 spiro atoms. The van der Waals surface area contributed by atoms with Crippen molar-refractivity contribution in [3.05, 3.63) is 41.9 Å². The molecule has 0 unspecified atom stereocenters. The lowest BCUT2D eigenvalue weighted by atomic mass is 10.2. The number of hydrogen-bond acceptors (Lipinski definition) is 5. The molecule has 0 radical (unpaired) electrons. The summed E-state index contributed by atoms with van der Waals surface area (Å²) in [4.78, 5) is 26.6. The van der Waals surface area contributed by atoms with Crippen LogP contribution in [0.2, 0.25) is 0 Å². The summed E-state index contributed by atoms with van der Waals surface area (Å²) in [6.07, 6.45) is 2.45. The molecule has 6 nitrogen and oxygen atoms in total. The predicted octanol–water partition coefficient (Wildman–Crippen LogP) is 2.62. The fourth-order valence-electron chi connectivity index (χ4n) is 2.11. The van der Waals surface area contributed by atoms with Crippen LogP contribution in [0.25, 0.3) is 11.3 Å². The van der Waals surface area contributed by atoms with E-state index in [-0.39, 0.29) is 48.4 Å². The van der Waals surface area contributed by atoms with Gasteiger partial charge in [0.1, 0.15) is 11.6 Å². The highest BCUT2D eigenvalue weighted by Crippen LogP contribution is 2.24. The Labute approximate surface area is 143 Å². The third-order valence-corrected chi connectivity index (χ3v) is 3.42. The van der Waals surface area contributed by atoms with Crippen molar-refractivity contribution < 1.29 is 27.5 Å². The van der Waals surface area contributed by atoms with Gasteiger partial charge in [0.2, 0.25) is 5.91 Å². The van der Waals surface area contributed by atoms with Gasteiger partial charge in [-0.1, -0.05) is 0 Å². The normalized spacial score (nSPS) is 10.5. The van der Waals surface area contributed by atoms with Gasteiger partial charge in [-0.05, 0) is 18.6 Å². The Bertz CT molecular complexity index is 746. The first-order valence-electron chi connectivity index (χ1n) is 7.73. The summed E-state index contributed by atoms with van der Waals surface area (Å²) < 4.78 is 36.5. The fourth-order valence-corrected chi connectivity index (χ4v) is 2.11. The highest BCUT2D eigenvalue weighted by Gasteiger charge is 2.13. The fraction of sp³-hybridized carbons (Fsp3) is 0.353. The third-order valence-electron chi connectivity index (χ3n) is 3.42. The van der Waals surface area contributed by atoms with E-state index >= 15 is 0 Å². The zero-order chi connectivity index (χ0) is 18.2. The van der Waals surface area contributed by atoms with E-state index < -0.39 is 11.6 Å². The Kier molecular flexibility index (Phi) is 6.62. The van der Waals surface area contributed by atoms with Gasteiger partial charge in [-0.25, -0.2) is 13.8 Å². The zero-order valence-corrected chi connectivity index (χ0v) is 13.7. The van der Waals surface area contributed by atoms with Gasteiger partial charge in [-0.15, -0.1) is 0 Å². The van der Waals surface area contributed by atoms with Gasteiger partial charge in [-0.2, -0.15) is 0 Å². The molecule has 25 heavy (non-hydrogen) atoms. The molecule has 0 bridgehead atoms. The second-order valence-corrected chi connectivity index (χ2v) is 5.27. The van der Waals surface area contributed by atoms with E-state index in [9.17, 15) is 18.4 Å². The average molecular weight is 352 g/mol. The largest absolute Gasteiger partial charge is 0.469 e. The highest BCUT2D eigenvalue weighted by atomic mass is 19.1. The van der Waals surface area contributed by atoms with Crippen LogP contribution in [0.3, 0.4) is 0 Å². The van der Waals surface area contributed by atoms with Gasteiger partial charge in [0.05, 0.1) is 18.9 Å². The van der Waals surface area contributed by atoms with E-state index in [1.54, 1.807) is 0 Å². The Morgan fingerprint density at radius 2 is 2.08 bits per heavy atom. The van der Waals surface area contributed by atoms with Crippen molar-refractivity contribution in [3.63, 3.8) is 0 Å². The number of aromatic nitrogens is 1. The van der Waals surface area contributed by atoms with Crippen LogP contribution >= 0.6 is 0 Å². The molecule has 1 aromatic carbocycles. The number of nitrogens with one attached hydrogen (secondary N) is 1. The lowest BCUT2D eigenvalue weighted by molar-refractivity contribution is -0.140. The van der Waals surface area contributed by atoms with E-state index in [1.807, 2.05) is 0 Å². The Hall–Kier alpha value is -2.77. The molecule has 0 aliphatic carbocycles. The van der Waals surface area contributed by atoms with E-state index in [0.29, 0.717) is 13.0 Å². The Balaban J connectivity index is 1.79.